The van der Waals surface area contributed by atoms with Crippen LogP contribution in [0, 0.1) is 5.92 Å². The standard InChI is InChI=1S/C14H21ClN4/c1-16-14-17-9-11(15)13(18-14)19-8-4-7-12(19)10-5-2-3-6-10/h9-10,12H,2-8H2,1H3,(H,16,17,18). The Morgan fingerprint density at radius 1 is 1.26 bits per heavy atom. The van der Waals surface area contributed by atoms with E-state index in [4.69, 9.17) is 11.6 Å². The monoisotopic (exact) mass is 280 g/mol. The molecular formula is C14H21ClN4. The van der Waals surface area contributed by atoms with E-state index in [1.807, 2.05) is 7.05 Å². The summed E-state index contributed by atoms with van der Waals surface area (Å²) < 4.78 is 0. The van der Waals surface area contributed by atoms with E-state index in [0.29, 0.717) is 17.0 Å². The minimum Gasteiger partial charge on any atom is -0.357 e. The van der Waals surface area contributed by atoms with E-state index in [0.717, 1.165) is 18.3 Å². The maximum Gasteiger partial charge on any atom is 0.224 e. The molecule has 2 heterocycles. The third-order valence-electron chi connectivity index (χ3n) is 4.46. The van der Waals surface area contributed by atoms with Crippen LogP contribution >= 0.6 is 11.6 Å². The first kappa shape index (κ1) is 13.0. The summed E-state index contributed by atoms with van der Waals surface area (Å²) in [5, 5.41) is 3.67. The average molecular weight is 281 g/mol. The lowest BCUT2D eigenvalue weighted by molar-refractivity contribution is 0.429. The Morgan fingerprint density at radius 3 is 2.79 bits per heavy atom. The van der Waals surface area contributed by atoms with Crippen LogP contribution in [0.15, 0.2) is 6.20 Å². The van der Waals surface area contributed by atoms with Crippen LogP contribution in [0.25, 0.3) is 0 Å². The molecule has 104 valence electrons. The van der Waals surface area contributed by atoms with Crippen molar-refractivity contribution in [2.75, 3.05) is 23.8 Å². The summed E-state index contributed by atoms with van der Waals surface area (Å²) in [6.07, 6.45) is 9.73. The second-order valence-electron chi connectivity index (χ2n) is 5.56. The van der Waals surface area contributed by atoms with Crippen molar-refractivity contribution in [2.24, 2.45) is 5.92 Å². The van der Waals surface area contributed by atoms with Gasteiger partial charge in [-0.05, 0) is 31.6 Å². The maximum atomic E-state index is 6.31. The summed E-state index contributed by atoms with van der Waals surface area (Å²) in [6, 6.07) is 0.625. The van der Waals surface area contributed by atoms with Crippen molar-refractivity contribution in [3.05, 3.63) is 11.2 Å². The molecule has 1 unspecified atom stereocenters. The van der Waals surface area contributed by atoms with Gasteiger partial charge in [0.25, 0.3) is 0 Å². The Balaban J connectivity index is 1.87. The van der Waals surface area contributed by atoms with Crippen molar-refractivity contribution < 1.29 is 0 Å². The highest BCUT2D eigenvalue weighted by molar-refractivity contribution is 6.32. The van der Waals surface area contributed by atoms with E-state index in [-0.39, 0.29) is 0 Å². The van der Waals surface area contributed by atoms with Gasteiger partial charge >= 0.3 is 0 Å². The normalized spacial score (nSPS) is 24.1. The number of aromatic nitrogens is 2. The number of hydrogen-bond donors (Lipinski definition) is 1. The van der Waals surface area contributed by atoms with Gasteiger partial charge in [-0.1, -0.05) is 24.4 Å². The largest absolute Gasteiger partial charge is 0.357 e. The second kappa shape index (κ2) is 5.53. The third kappa shape index (κ3) is 2.50. The van der Waals surface area contributed by atoms with Crippen LogP contribution in [0.1, 0.15) is 38.5 Å². The van der Waals surface area contributed by atoms with E-state index in [1.165, 1.54) is 38.5 Å². The fraction of sp³-hybridized carbons (Fsp3) is 0.714. The second-order valence-corrected chi connectivity index (χ2v) is 5.97. The molecule has 1 saturated carbocycles. The van der Waals surface area contributed by atoms with Crippen molar-refractivity contribution in [3.63, 3.8) is 0 Å². The molecule has 1 N–H and O–H groups in total. The molecular weight excluding hydrogens is 260 g/mol. The van der Waals surface area contributed by atoms with Gasteiger partial charge in [0.2, 0.25) is 5.95 Å². The van der Waals surface area contributed by atoms with Crippen LogP contribution in [0.2, 0.25) is 5.02 Å². The maximum absolute atomic E-state index is 6.31. The molecule has 1 aromatic heterocycles. The number of nitrogens with one attached hydrogen (secondary N) is 1. The van der Waals surface area contributed by atoms with Crippen LogP contribution in [0.4, 0.5) is 11.8 Å². The topological polar surface area (TPSA) is 41.1 Å². The van der Waals surface area contributed by atoms with Crippen LogP contribution < -0.4 is 10.2 Å². The van der Waals surface area contributed by atoms with Gasteiger partial charge in [-0.2, -0.15) is 4.98 Å². The SMILES string of the molecule is CNc1ncc(Cl)c(N2CCCC2C2CCCC2)n1. The zero-order chi connectivity index (χ0) is 13.2. The first-order valence-electron chi connectivity index (χ1n) is 7.26. The van der Waals surface area contributed by atoms with Crippen molar-refractivity contribution in [1.82, 2.24) is 9.97 Å². The highest BCUT2D eigenvalue weighted by atomic mass is 35.5. The Kier molecular flexibility index (Phi) is 3.78. The molecule has 1 atom stereocenters. The highest BCUT2D eigenvalue weighted by Gasteiger charge is 2.34. The molecule has 1 aromatic rings. The molecule has 4 nitrogen and oxygen atoms in total. The van der Waals surface area contributed by atoms with Gasteiger partial charge in [-0.3, -0.25) is 0 Å². The summed E-state index contributed by atoms with van der Waals surface area (Å²) in [6.45, 7) is 1.07. The number of hydrogen-bond acceptors (Lipinski definition) is 4. The summed E-state index contributed by atoms with van der Waals surface area (Å²) in [5.41, 5.74) is 0. The molecule has 2 fully saturated rings. The summed E-state index contributed by atoms with van der Waals surface area (Å²) in [4.78, 5) is 11.2. The Hall–Kier alpha value is -1.03. The van der Waals surface area contributed by atoms with Gasteiger partial charge in [0, 0.05) is 19.6 Å². The number of anilines is 2. The van der Waals surface area contributed by atoms with E-state index < -0.39 is 0 Å². The fourth-order valence-corrected chi connectivity index (χ4v) is 3.77. The van der Waals surface area contributed by atoms with Gasteiger partial charge in [0.05, 0.1) is 6.20 Å². The Morgan fingerprint density at radius 2 is 2.05 bits per heavy atom. The summed E-state index contributed by atoms with van der Waals surface area (Å²) in [7, 11) is 1.84. The van der Waals surface area contributed by atoms with Crippen molar-refractivity contribution in [1.29, 1.82) is 0 Å². The molecule has 0 bridgehead atoms. The zero-order valence-corrected chi connectivity index (χ0v) is 12.2. The lowest BCUT2D eigenvalue weighted by atomic mass is 9.96. The Labute approximate surface area is 119 Å². The lowest BCUT2D eigenvalue weighted by Gasteiger charge is -2.31. The predicted molar refractivity (Wildman–Crippen MR) is 78.9 cm³/mol. The minimum atomic E-state index is 0.625. The van der Waals surface area contributed by atoms with Crippen LogP contribution in [0.5, 0.6) is 0 Å². The number of nitrogens with zero attached hydrogens (tertiary/aromatic N) is 3. The fourth-order valence-electron chi connectivity index (χ4n) is 3.57. The van der Waals surface area contributed by atoms with Gasteiger partial charge in [-0.15, -0.1) is 0 Å². The molecule has 1 aliphatic heterocycles. The van der Waals surface area contributed by atoms with Crippen molar-refractivity contribution in [3.8, 4) is 0 Å². The first-order valence-corrected chi connectivity index (χ1v) is 7.64. The number of rotatable bonds is 3. The smallest absolute Gasteiger partial charge is 0.224 e. The van der Waals surface area contributed by atoms with Gasteiger partial charge in [0.15, 0.2) is 5.82 Å². The number of halogens is 1. The van der Waals surface area contributed by atoms with Crippen molar-refractivity contribution in [2.45, 2.75) is 44.6 Å². The van der Waals surface area contributed by atoms with Crippen LogP contribution in [-0.2, 0) is 0 Å². The van der Waals surface area contributed by atoms with E-state index in [9.17, 15) is 0 Å². The van der Waals surface area contributed by atoms with Gasteiger partial charge < -0.3 is 10.2 Å². The molecule has 0 aromatic carbocycles. The van der Waals surface area contributed by atoms with E-state index in [2.05, 4.69) is 20.2 Å². The molecule has 5 heteroatoms. The highest BCUT2D eigenvalue weighted by Crippen LogP contribution is 2.39. The van der Waals surface area contributed by atoms with Gasteiger partial charge in [0.1, 0.15) is 5.02 Å². The summed E-state index contributed by atoms with van der Waals surface area (Å²) in [5.74, 6) is 2.39. The van der Waals surface area contributed by atoms with Crippen LogP contribution in [0.3, 0.4) is 0 Å². The average Bonchev–Trinajstić information content (AvgIpc) is 3.09. The molecule has 0 amide bonds. The minimum absolute atomic E-state index is 0.625. The molecule has 0 radical (unpaired) electrons. The molecule has 3 rings (SSSR count). The van der Waals surface area contributed by atoms with Crippen LogP contribution in [-0.4, -0.2) is 29.6 Å². The predicted octanol–water partition coefficient (Wildman–Crippen LogP) is 3.33. The molecule has 2 aliphatic rings. The lowest BCUT2D eigenvalue weighted by Crippen LogP contribution is -2.35. The summed E-state index contributed by atoms with van der Waals surface area (Å²) >= 11 is 6.31. The quantitative estimate of drug-likeness (QED) is 0.922. The molecule has 0 spiro atoms. The first-order chi connectivity index (χ1) is 9.29. The van der Waals surface area contributed by atoms with Gasteiger partial charge in [-0.25, -0.2) is 4.98 Å². The third-order valence-corrected chi connectivity index (χ3v) is 4.73. The Bertz CT molecular complexity index is 445. The molecule has 1 saturated heterocycles. The molecule has 19 heavy (non-hydrogen) atoms. The van der Waals surface area contributed by atoms with Crippen molar-refractivity contribution >= 4 is 23.4 Å². The zero-order valence-electron chi connectivity index (χ0n) is 11.4. The molecule has 1 aliphatic carbocycles. The van der Waals surface area contributed by atoms with E-state index >= 15 is 0 Å². The van der Waals surface area contributed by atoms with E-state index in [1.54, 1.807) is 6.20 Å².